The minimum Gasteiger partial charge on any atom is -0.867 e. The molecule has 2 aromatic rings. The fraction of sp³-hybridized carbons (Fsp3) is 0.125. The molecule has 0 aliphatic rings. The van der Waals surface area contributed by atoms with E-state index < -0.39 is 5.97 Å². The molecule has 0 heterocycles. The molecule has 0 radical (unpaired) electrons. The van der Waals surface area contributed by atoms with Gasteiger partial charge in [0.15, 0.2) is 0 Å². The number of benzene rings is 2. The maximum Gasteiger partial charge on any atom is 0.335 e. The second-order valence-electron chi connectivity index (χ2n) is 4.62. The lowest BCUT2D eigenvalue weighted by Gasteiger charge is -2.17. The summed E-state index contributed by atoms with van der Waals surface area (Å²) in [6, 6.07) is 7.23. The topological polar surface area (TPSA) is 103 Å². The number of halogens is 1. The van der Waals surface area contributed by atoms with Gasteiger partial charge in [0.1, 0.15) is 11.5 Å². The van der Waals surface area contributed by atoms with E-state index in [2.05, 4.69) is 10.5 Å². The first-order chi connectivity index (χ1) is 11.5. The van der Waals surface area contributed by atoms with Gasteiger partial charge in [-0.25, -0.2) is 4.79 Å². The maximum absolute atomic E-state index is 11.8. The number of hydrazone groups is 1. The molecule has 0 aliphatic carbocycles. The number of nitrogens with one attached hydrogen (secondary N) is 1. The monoisotopic (exact) mass is 349 g/mol. The molecule has 0 spiro atoms. The summed E-state index contributed by atoms with van der Waals surface area (Å²) in [6.07, 6.45) is 1.42. The number of nitrogens with zero attached hydrogens (tertiary/aromatic N) is 1. The van der Waals surface area contributed by atoms with Gasteiger partial charge in [0.25, 0.3) is 0 Å². The second kappa shape index (κ2) is 7.56. The zero-order valence-corrected chi connectivity index (χ0v) is 13.6. The van der Waals surface area contributed by atoms with Crippen LogP contribution in [0, 0.1) is 0 Å². The van der Waals surface area contributed by atoms with Crippen LogP contribution in [0.5, 0.6) is 17.2 Å². The third-order valence-electron chi connectivity index (χ3n) is 3.09. The average Bonchev–Trinajstić information content (AvgIpc) is 2.57. The molecule has 0 atom stereocenters. The third kappa shape index (κ3) is 3.88. The summed E-state index contributed by atoms with van der Waals surface area (Å²) >= 11 is 5.99. The fourth-order valence-electron chi connectivity index (χ4n) is 1.90. The number of anilines is 1. The molecule has 0 amide bonds. The highest BCUT2D eigenvalue weighted by atomic mass is 35.5. The Morgan fingerprint density at radius 3 is 2.42 bits per heavy atom. The molecule has 2 N–H and O–H groups in total. The standard InChI is InChI=1S/C16H15ClN2O5/c1-23-13-5-9(6-14(24-2)15(13)20)8-18-19-12-7-10(16(21)22)3-4-11(12)17/h3-8,19-20H,1-2H3,(H,21,22)/p-1/b18-8+. The molecule has 24 heavy (non-hydrogen) atoms. The van der Waals surface area contributed by atoms with Crippen LogP contribution in [0.1, 0.15) is 15.9 Å². The third-order valence-corrected chi connectivity index (χ3v) is 3.42. The van der Waals surface area contributed by atoms with E-state index in [0.717, 1.165) is 0 Å². The maximum atomic E-state index is 11.8. The molecule has 0 aromatic heterocycles. The van der Waals surface area contributed by atoms with Crippen molar-refractivity contribution in [1.82, 2.24) is 0 Å². The van der Waals surface area contributed by atoms with Crippen molar-refractivity contribution < 1.29 is 24.5 Å². The van der Waals surface area contributed by atoms with Crippen molar-refractivity contribution in [3.05, 3.63) is 46.5 Å². The molecule has 2 aromatic carbocycles. The number of carboxylic acids is 1. The van der Waals surface area contributed by atoms with Crippen molar-refractivity contribution in [1.29, 1.82) is 0 Å². The van der Waals surface area contributed by atoms with Crippen molar-refractivity contribution in [3.63, 3.8) is 0 Å². The minimum atomic E-state index is -1.07. The number of carbonyl (C=O) groups is 1. The number of ether oxygens (including phenoxy) is 2. The highest BCUT2D eigenvalue weighted by Gasteiger charge is 2.07. The summed E-state index contributed by atoms with van der Waals surface area (Å²) in [5, 5.41) is 25.1. The van der Waals surface area contributed by atoms with Crippen molar-refractivity contribution in [2.45, 2.75) is 0 Å². The quantitative estimate of drug-likeness (QED) is 0.613. The van der Waals surface area contributed by atoms with Crippen LogP contribution >= 0.6 is 11.6 Å². The lowest BCUT2D eigenvalue weighted by Crippen LogP contribution is -2.01. The van der Waals surface area contributed by atoms with Gasteiger partial charge in [-0.05, 0) is 36.1 Å². The minimum absolute atomic E-state index is 0.0798. The largest absolute Gasteiger partial charge is 0.867 e. The van der Waals surface area contributed by atoms with E-state index in [1.807, 2.05) is 0 Å². The summed E-state index contributed by atoms with van der Waals surface area (Å²) in [5.74, 6) is -1.18. The van der Waals surface area contributed by atoms with Crippen LogP contribution in [0.15, 0.2) is 35.4 Å². The van der Waals surface area contributed by atoms with Gasteiger partial charge in [0, 0.05) is 5.56 Å². The Balaban J connectivity index is 2.23. The zero-order valence-electron chi connectivity index (χ0n) is 12.9. The normalized spacial score (nSPS) is 10.6. The Morgan fingerprint density at radius 1 is 1.25 bits per heavy atom. The van der Waals surface area contributed by atoms with Crippen LogP contribution < -0.4 is 20.0 Å². The van der Waals surface area contributed by atoms with E-state index in [-0.39, 0.29) is 22.8 Å². The van der Waals surface area contributed by atoms with E-state index in [9.17, 15) is 9.90 Å². The predicted molar refractivity (Wildman–Crippen MR) is 88.6 cm³/mol. The zero-order chi connectivity index (χ0) is 17.7. The number of hydrogen-bond acceptors (Lipinski definition) is 6. The van der Waals surface area contributed by atoms with E-state index in [0.29, 0.717) is 16.3 Å². The molecule has 126 valence electrons. The highest BCUT2D eigenvalue weighted by molar-refractivity contribution is 6.33. The Morgan fingerprint density at radius 2 is 1.88 bits per heavy atom. The van der Waals surface area contributed by atoms with Crippen molar-refractivity contribution in [2.24, 2.45) is 5.10 Å². The molecule has 7 nitrogen and oxygen atoms in total. The Kier molecular flexibility index (Phi) is 5.49. The summed E-state index contributed by atoms with van der Waals surface area (Å²) in [5.41, 5.74) is 3.64. The molecular formula is C16H14ClN2O5-. The van der Waals surface area contributed by atoms with E-state index >= 15 is 0 Å². The SMILES string of the molecule is COc1cc(/C=N/Nc2cc(C(=O)O)ccc2Cl)cc(OC)c1[O-]. The van der Waals surface area contributed by atoms with Gasteiger partial charge in [-0.1, -0.05) is 11.6 Å². The summed E-state index contributed by atoms with van der Waals surface area (Å²) < 4.78 is 9.99. The molecule has 0 saturated carbocycles. The van der Waals surface area contributed by atoms with Crippen LogP contribution in [-0.2, 0) is 0 Å². The molecule has 0 aliphatic heterocycles. The number of hydrogen-bond donors (Lipinski definition) is 2. The van der Waals surface area contributed by atoms with E-state index in [1.54, 1.807) is 0 Å². The highest BCUT2D eigenvalue weighted by Crippen LogP contribution is 2.34. The first-order valence-corrected chi connectivity index (χ1v) is 7.09. The second-order valence-corrected chi connectivity index (χ2v) is 5.03. The molecule has 0 unspecified atom stereocenters. The number of aromatic carboxylic acids is 1. The van der Waals surface area contributed by atoms with Gasteiger partial charge in [0.2, 0.25) is 0 Å². The molecule has 0 saturated heterocycles. The molecule has 0 fully saturated rings. The van der Waals surface area contributed by atoms with Crippen molar-refractivity contribution in [3.8, 4) is 17.2 Å². The van der Waals surface area contributed by atoms with E-state index in [4.69, 9.17) is 26.2 Å². The van der Waals surface area contributed by atoms with Gasteiger partial charge in [-0.3, -0.25) is 5.43 Å². The van der Waals surface area contributed by atoms with E-state index in [1.165, 1.54) is 50.8 Å². The lowest BCUT2D eigenvalue weighted by molar-refractivity contribution is -0.271. The lowest BCUT2D eigenvalue weighted by atomic mass is 10.2. The first-order valence-electron chi connectivity index (χ1n) is 6.71. The average molecular weight is 350 g/mol. The summed E-state index contributed by atoms with van der Waals surface area (Å²) in [6.45, 7) is 0. The fourth-order valence-corrected chi connectivity index (χ4v) is 2.05. The van der Waals surface area contributed by atoms with Crippen LogP contribution in [0.4, 0.5) is 5.69 Å². The van der Waals surface area contributed by atoms with Crippen LogP contribution in [-0.4, -0.2) is 31.5 Å². The number of carboxylic acid groups (broad SMARTS) is 1. The molecular weight excluding hydrogens is 336 g/mol. The Hall–Kier alpha value is -2.93. The number of methoxy groups -OCH3 is 2. The Bertz CT molecular complexity index is 767. The van der Waals surface area contributed by atoms with Gasteiger partial charge in [-0.15, -0.1) is 0 Å². The van der Waals surface area contributed by atoms with Gasteiger partial charge in [0.05, 0.1) is 36.7 Å². The van der Waals surface area contributed by atoms with Crippen LogP contribution in [0.3, 0.4) is 0 Å². The molecule has 8 heteroatoms. The first kappa shape index (κ1) is 17.4. The summed E-state index contributed by atoms with van der Waals surface area (Å²) in [7, 11) is 2.76. The Labute approximate surface area is 143 Å². The number of rotatable bonds is 6. The van der Waals surface area contributed by atoms with Crippen LogP contribution in [0.25, 0.3) is 0 Å². The molecule has 2 rings (SSSR count). The van der Waals surface area contributed by atoms with Gasteiger partial charge < -0.3 is 19.7 Å². The van der Waals surface area contributed by atoms with Crippen LogP contribution in [0.2, 0.25) is 5.02 Å². The molecule has 0 bridgehead atoms. The smallest absolute Gasteiger partial charge is 0.335 e. The van der Waals surface area contributed by atoms with Crippen molar-refractivity contribution in [2.75, 3.05) is 19.6 Å². The predicted octanol–water partition coefficient (Wildman–Crippen LogP) is 2.58. The van der Waals surface area contributed by atoms with Gasteiger partial charge >= 0.3 is 5.97 Å². The summed E-state index contributed by atoms with van der Waals surface area (Å²) in [4.78, 5) is 11.0. The van der Waals surface area contributed by atoms with Crippen molar-refractivity contribution >= 4 is 29.5 Å². The van der Waals surface area contributed by atoms with Gasteiger partial charge in [-0.2, -0.15) is 5.10 Å².